The van der Waals surface area contributed by atoms with Crippen molar-refractivity contribution >= 4 is 28.2 Å². The summed E-state index contributed by atoms with van der Waals surface area (Å²) in [4.78, 5) is 24.7. The predicted octanol–water partition coefficient (Wildman–Crippen LogP) is 2.22. The van der Waals surface area contributed by atoms with Crippen LogP contribution < -0.4 is 11.1 Å². The van der Waals surface area contributed by atoms with E-state index in [0.717, 1.165) is 10.4 Å². The normalized spacial score (nSPS) is 12.1. The lowest BCUT2D eigenvalue weighted by atomic mass is 10.1. The molecule has 1 amide bonds. The molecule has 0 saturated carbocycles. The summed E-state index contributed by atoms with van der Waals surface area (Å²) in [6, 6.07) is -0.572. The third-order valence-electron chi connectivity index (χ3n) is 2.88. The molecule has 0 bridgehead atoms. The highest BCUT2D eigenvalue weighted by Crippen LogP contribution is 2.33. The van der Waals surface area contributed by atoms with Gasteiger partial charge in [0.2, 0.25) is 5.91 Å². The number of hydrogen-bond donors (Lipinski definition) is 2. The van der Waals surface area contributed by atoms with Crippen molar-refractivity contribution in [3.8, 4) is 0 Å². The van der Waals surface area contributed by atoms with Crippen LogP contribution in [0.15, 0.2) is 0 Å². The van der Waals surface area contributed by atoms with Crippen molar-refractivity contribution in [2.45, 2.75) is 40.2 Å². The van der Waals surface area contributed by atoms with Gasteiger partial charge in [0.05, 0.1) is 18.2 Å². The molecule has 0 fully saturated rings. The molecule has 1 rings (SSSR count). The fourth-order valence-electron chi connectivity index (χ4n) is 1.55. The molecule has 1 aromatic heterocycles. The van der Waals surface area contributed by atoms with Crippen molar-refractivity contribution in [2.24, 2.45) is 5.73 Å². The Morgan fingerprint density at radius 1 is 1.37 bits per heavy atom. The van der Waals surface area contributed by atoms with Crippen LogP contribution in [0, 0.1) is 13.8 Å². The Labute approximate surface area is 117 Å². The van der Waals surface area contributed by atoms with Crippen LogP contribution in [0.3, 0.4) is 0 Å². The number of anilines is 1. The van der Waals surface area contributed by atoms with Crippen molar-refractivity contribution in [2.75, 3.05) is 11.9 Å². The average molecular weight is 284 g/mol. The summed E-state index contributed by atoms with van der Waals surface area (Å²) in [5.74, 6) is -0.695. The van der Waals surface area contributed by atoms with E-state index in [4.69, 9.17) is 10.5 Å². The first kappa shape index (κ1) is 15.7. The zero-order valence-electron chi connectivity index (χ0n) is 11.7. The van der Waals surface area contributed by atoms with Gasteiger partial charge in [-0.25, -0.2) is 4.79 Å². The summed E-state index contributed by atoms with van der Waals surface area (Å²) in [6.45, 7) is 7.62. The lowest BCUT2D eigenvalue weighted by molar-refractivity contribution is -0.117. The van der Waals surface area contributed by atoms with Crippen LogP contribution >= 0.6 is 11.3 Å². The summed E-state index contributed by atoms with van der Waals surface area (Å²) in [5.41, 5.74) is 6.94. The van der Waals surface area contributed by atoms with Gasteiger partial charge in [0.15, 0.2) is 0 Å². The monoisotopic (exact) mass is 284 g/mol. The summed E-state index contributed by atoms with van der Waals surface area (Å²) in [7, 11) is 0. The standard InChI is InChI=1S/C13H20N2O3S/c1-5-9(14)11(16)15-12-10(13(17)18-6-2)7(3)8(4)19-12/h9H,5-6,14H2,1-4H3,(H,15,16)/t9-/m1/s1. The largest absolute Gasteiger partial charge is 0.462 e. The van der Waals surface area contributed by atoms with Crippen molar-refractivity contribution in [3.63, 3.8) is 0 Å². The lowest BCUT2D eigenvalue weighted by Gasteiger charge is -2.10. The van der Waals surface area contributed by atoms with Gasteiger partial charge in [0, 0.05) is 4.88 Å². The highest BCUT2D eigenvalue weighted by atomic mass is 32.1. The van der Waals surface area contributed by atoms with E-state index in [9.17, 15) is 9.59 Å². The third kappa shape index (κ3) is 3.54. The second-order valence-corrected chi connectivity index (χ2v) is 5.44. The van der Waals surface area contributed by atoms with Crippen molar-refractivity contribution in [3.05, 3.63) is 16.0 Å². The maximum Gasteiger partial charge on any atom is 0.341 e. The Kier molecular flexibility index (Phi) is 5.50. The van der Waals surface area contributed by atoms with E-state index in [0.29, 0.717) is 23.6 Å². The number of ether oxygens (including phenoxy) is 1. The van der Waals surface area contributed by atoms with E-state index in [1.165, 1.54) is 11.3 Å². The summed E-state index contributed by atoms with van der Waals surface area (Å²) in [6.07, 6.45) is 0.546. The number of nitrogens with one attached hydrogen (secondary N) is 1. The average Bonchev–Trinajstić information content (AvgIpc) is 2.64. The van der Waals surface area contributed by atoms with E-state index in [2.05, 4.69) is 5.32 Å². The lowest BCUT2D eigenvalue weighted by Crippen LogP contribution is -2.35. The smallest absolute Gasteiger partial charge is 0.341 e. The molecule has 0 aliphatic heterocycles. The van der Waals surface area contributed by atoms with Crippen LogP contribution in [0.5, 0.6) is 0 Å². The van der Waals surface area contributed by atoms with E-state index in [1.807, 2.05) is 20.8 Å². The molecule has 19 heavy (non-hydrogen) atoms. The van der Waals surface area contributed by atoms with Gasteiger partial charge in [-0.05, 0) is 32.8 Å². The molecule has 0 spiro atoms. The van der Waals surface area contributed by atoms with Gasteiger partial charge < -0.3 is 15.8 Å². The second kappa shape index (κ2) is 6.68. The van der Waals surface area contributed by atoms with Crippen molar-refractivity contribution in [1.82, 2.24) is 0 Å². The number of thiophene rings is 1. The number of aryl methyl sites for hydroxylation is 1. The topological polar surface area (TPSA) is 81.4 Å². The van der Waals surface area contributed by atoms with Crippen LogP contribution in [0.1, 0.15) is 41.1 Å². The first-order valence-corrected chi connectivity index (χ1v) is 7.07. The second-order valence-electron chi connectivity index (χ2n) is 4.21. The van der Waals surface area contributed by atoms with Gasteiger partial charge in [-0.3, -0.25) is 4.79 Å². The van der Waals surface area contributed by atoms with E-state index < -0.39 is 12.0 Å². The molecule has 0 aliphatic rings. The molecule has 1 atom stereocenters. The third-order valence-corrected chi connectivity index (χ3v) is 4.00. The predicted molar refractivity (Wildman–Crippen MR) is 76.6 cm³/mol. The number of carbonyl (C=O) groups is 2. The number of hydrogen-bond acceptors (Lipinski definition) is 5. The molecular weight excluding hydrogens is 264 g/mol. The molecule has 1 heterocycles. The molecule has 5 nitrogen and oxygen atoms in total. The van der Waals surface area contributed by atoms with Gasteiger partial charge in [0.1, 0.15) is 5.00 Å². The fraction of sp³-hybridized carbons (Fsp3) is 0.538. The molecule has 0 radical (unpaired) electrons. The number of carbonyl (C=O) groups excluding carboxylic acids is 2. The Morgan fingerprint density at radius 2 is 2.00 bits per heavy atom. The van der Waals surface area contributed by atoms with E-state index in [-0.39, 0.29) is 5.91 Å². The first-order chi connectivity index (χ1) is 8.92. The van der Waals surface area contributed by atoms with Crippen LogP contribution in [-0.2, 0) is 9.53 Å². The summed E-state index contributed by atoms with van der Waals surface area (Å²) in [5, 5.41) is 3.23. The van der Waals surface area contributed by atoms with Gasteiger partial charge in [-0.15, -0.1) is 11.3 Å². The maximum atomic E-state index is 11.9. The fourth-order valence-corrected chi connectivity index (χ4v) is 2.61. The van der Waals surface area contributed by atoms with Gasteiger partial charge in [-0.2, -0.15) is 0 Å². The first-order valence-electron chi connectivity index (χ1n) is 6.25. The Morgan fingerprint density at radius 3 is 2.53 bits per heavy atom. The Hall–Kier alpha value is -1.40. The molecule has 0 aromatic carbocycles. The number of nitrogens with two attached hydrogens (primary N) is 1. The highest BCUT2D eigenvalue weighted by molar-refractivity contribution is 7.16. The minimum Gasteiger partial charge on any atom is -0.462 e. The minimum atomic E-state index is -0.572. The quantitative estimate of drug-likeness (QED) is 0.812. The van der Waals surface area contributed by atoms with Crippen molar-refractivity contribution < 1.29 is 14.3 Å². The molecule has 106 valence electrons. The summed E-state index contributed by atoms with van der Waals surface area (Å²) >= 11 is 1.36. The van der Waals surface area contributed by atoms with Crippen molar-refractivity contribution in [1.29, 1.82) is 0 Å². The number of esters is 1. The Bertz CT molecular complexity index is 482. The van der Waals surface area contributed by atoms with E-state index >= 15 is 0 Å². The van der Waals surface area contributed by atoms with E-state index in [1.54, 1.807) is 6.92 Å². The maximum absolute atomic E-state index is 11.9. The van der Waals surface area contributed by atoms with Crippen LogP contribution in [0.2, 0.25) is 0 Å². The number of rotatable bonds is 5. The van der Waals surface area contributed by atoms with Crippen LogP contribution in [0.25, 0.3) is 0 Å². The molecule has 3 N–H and O–H groups in total. The molecule has 6 heteroatoms. The number of amides is 1. The Balaban J connectivity index is 3.04. The van der Waals surface area contributed by atoms with Crippen LogP contribution in [-0.4, -0.2) is 24.5 Å². The molecule has 0 aliphatic carbocycles. The molecule has 0 saturated heterocycles. The van der Waals surface area contributed by atoms with Gasteiger partial charge >= 0.3 is 5.97 Å². The zero-order valence-corrected chi connectivity index (χ0v) is 12.5. The zero-order chi connectivity index (χ0) is 14.6. The van der Waals surface area contributed by atoms with Gasteiger partial charge in [0.25, 0.3) is 0 Å². The van der Waals surface area contributed by atoms with Gasteiger partial charge in [-0.1, -0.05) is 6.92 Å². The van der Waals surface area contributed by atoms with Crippen LogP contribution in [0.4, 0.5) is 5.00 Å². The summed E-state index contributed by atoms with van der Waals surface area (Å²) < 4.78 is 5.02. The molecule has 0 unspecified atom stereocenters. The highest BCUT2D eigenvalue weighted by Gasteiger charge is 2.23. The molecular formula is C13H20N2O3S. The molecule has 1 aromatic rings. The minimum absolute atomic E-state index is 0.283. The SMILES string of the molecule is CCOC(=O)c1c(NC(=O)[C@H](N)CC)sc(C)c1C.